The zero-order valence-electron chi connectivity index (χ0n) is 7.92. The van der Waals surface area contributed by atoms with E-state index in [2.05, 4.69) is 13.5 Å². The van der Waals surface area contributed by atoms with E-state index < -0.39 is 5.79 Å². The van der Waals surface area contributed by atoms with Crippen LogP contribution in [-0.4, -0.2) is 17.0 Å². The monoisotopic (exact) mass is 170 g/mol. The predicted octanol–water partition coefficient (Wildman–Crippen LogP) is 2.09. The van der Waals surface area contributed by atoms with Gasteiger partial charge in [0.25, 0.3) is 0 Å². The maximum Gasteiger partial charge on any atom is 0.169 e. The molecular formula is C10H18O2. The maximum atomic E-state index is 9.87. The first-order valence-corrected chi connectivity index (χ1v) is 4.58. The van der Waals surface area contributed by atoms with Crippen LogP contribution in [0.5, 0.6) is 0 Å². The first-order valence-electron chi connectivity index (χ1n) is 4.58. The third kappa shape index (κ3) is 2.08. The molecule has 1 fully saturated rings. The summed E-state index contributed by atoms with van der Waals surface area (Å²) in [6.07, 6.45) is 4.16. The van der Waals surface area contributed by atoms with E-state index in [9.17, 15) is 5.11 Å². The summed E-state index contributed by atoms with van der Waals surface area (Å²) in [5, 5.41) is 9.87. The van der Waals surface area contributed by atoms with Gasteiger partial charge >= 0.3 is 0 Å². The van der Waals surface area contributed by atoms with Crippen molar-refractivity contribution in [3.8, 4) is 0 Å². The van der Waals surface area contributed by atoms with E-state index in [0.29, 0.717) is 12.3 Å². The smallest absolute Gasteiger partial charge is 0.169 e. The molecule has 0 unspecified atom stereocenters. The van der Waals surface area contributed by atoms with Crippen LogP contribution in [0.4, 0.5) is 0 Å². The summed E-state index contributed by atoms with van der Waals surface area (Å²) < 4.78 is 5.51. The van der Waals surface area contributed by atoms with Gasteiger partial charge in [0.2, 0.25) is 0 Å². The Morgan fingerprint density at radius 1 is 1.67 bits per heavy atom. The molecule has 0 amide bonds. The van der Waals surface area contributed by atoms with Gasteiger partial charge in [-0.2, -0.15) is 0 Å². The highest BCUT2D eigenvalue weighted by Crippen LogP contribution is 2.32. The first-order chi connectivity index (χ1) is 5.57. The van der Waals surface area contributed by atoms with Gasteiger partial charge in [-0.05, 0) is 19.3 Å². The fourth-order valence-corrected chi connectivity index (χ4v) is 1.58. The van der Waals surface area contributed by atoms with Crippen LogP contribution < -0.4 is 0 Å². The van der Waals surface area contributed by atoms with Crippen molar-refractivity contribution in [3.63, 3.8) is 0 Å². The summed E-state index contributed by atoms with van der Waals surface area (Å²) in [4.78, 5) is 0. The van der Waals surface area contributed by atoms with E-state index >= 15 is 0 Å². The molecule has 12 heavy (non-hydrogen) atoms. The fourth-order valence-electron chi connectivity index (χ4n) is 1.58. The summed E-state index contributed by atoms with van der Waals surface area (Å²) >= 11 is 0. The molecule has 0 aromatic heterocycles. The van der Waals surface area contributed by atoms with E-state index in [1.165, 1.54) is 0 Å². The van der Waals surface area contributed by atoms with Crippen LogP contribution in [0, 0.1) is 5.92 Å². The van der Waals surface area contributed by atoms with Crippen molar-refractivity contribution in [2.24, 2.45) is 5.92 Å². The maximum absolute atomic E-state index is 9.87. The molecule has 0 aromatic carbocycles. The molecule has 0 bridgehead atoms. The minimum absolute atomic E-state index is 0.156. The molecule has 2 heteroatoms. The zero-order chi connectivity index (χ0) is 9.19. The summed E-state index contributed by atoms with van der Waals surface area (Å²) in [6.45, 7) is 7.77. The third-order valence-electron chi connectivity index (χ3n) is 2.66. The number of rotatable bonds is 2. The summed E-state index contributed by atoms with van der Waals surface area (Å²) in [7, 11) is 0. The molecule has 1 aliphatic heterocycles. The SMILES string of the molecule is C=CC[C@@]1(O)CC[C@@H](C)[C@@H](C)O1. The highest BCUT2D eigenvalue weighted by molar-refractivity contribution is 4.84. The molecular weight excluding hydrogens is 152 g/mol. The normalized spacial score (nSPS) is 42.6. The van der Waals surface area contributed by atoms with Gasteiger partial charge in [0.15, 0.2) is 5.79 Å². The van der Waals surface area contributed by atoms with Gasteiger partial charge in [0.1, 0.15) is 0 Å². The summed E-state index contributed by atoms with van der Waals surface area (Å²) in [5.41, 5.74) is 0. The second-order valence-electron chi connectivity index (χ2n) is 3.78. The Morgan fingerprint density at radius 2 is 2.33 bits per heavy atom. The Kier molecular flexibility index (Phi) is 2.91. The number of hydrogen-bond donors (Lipinski definition) is 1. The second-order valence-corrected chi connectivity index (χ2v) is 3.78. The van der Waals surface area contributed by atoms with Gasteiger partial charge in [0.05, 0.1) is 6.10 Å². The van der Waals surface area contributed by atoms with Crippen LogP contribution in [0.2, 0.25) is 0 Å². The van der Waals surface area contributed by atoms with Crippen molar-refractivity contribution in [1.29, 1.82) is 0 Å². The van der Waals surface area contributed by atoms with Crippen molar-refractivity contribution in [3.05, 3.63) is 12.7 Å². The molecule has 1 heterocycles. The lowest BCUT2D eigenvalue weighted by molar-refractivity contribution is -0.259. The Morgan fingerprint density at radius 3 is 2.83 bits per heavy atom. The van der Waals surface area contributed by atoms with E-state index in [4.69, 9.17) is 4.74 Å². The first kappa shape index (κ1) is 9.75. The molecule has 0 aromatic rings. The molecule has 0 saturated carbocycles. The van der Waals surface area contributed by atoms with Gasteiger partial charge in [-0.25, -0.2) is 0 Å². The van der Waals surface area contributed by atoms with Crippen molar-refractivity contribution in [1.82, 2.24) is 0 Å². The fraction of sp³-hybridized carbons (Fsp3) is 0.800. The van der Waals surface area contributed by atoms with Crippen LogP contribution in [0.3, 0.4) is 0 Å². The lowest BCUT2D eigenvalue weighted by Crippen LogP contribution is -2.42. The summed E-state index contributed by atoms with van der Waals surface area (Å²) in [6, 6.07) is 0. The molecule has 3 atom stereocenters. The number of aliphatic hydroxyl groups is 1. The van der Waals surface area contributed by atoms with Gasteiger partial charge in [-0.3, -0.25) is 0 Å². The minimum Gasteiger partial charge on any atom is -0.365 e. The molecule has 0 aliphatic carbocycles. The van der Waals surface area contributed by atoms with Crippen molar-refractivity contribution >= 4 is 0 Å². The van der Waals surface area contributed by atoms with Gasteiger partial charge in [0, 0.05) is 12.8 Å². The van der Waals surface area contributed by atoms with Crippen LogP contribution in [0.15, 0.2) is 12.7 Å². The minimum atomic E-state index is -0.937. The standard InChI is InChI=1S/C10H18O2/c1-4-6-10(11)7-5-8(2)9(3)12-10/h4,8-9,11H,1,5-7H2,2-3H3/t8-,9-,10+/m1/s1. The number of ether oxygens (including phenoxy) is 1. The molecule has 1 rings (SSSR count). The predicted molar refractivity (Wildman–Crippen MR) is 48.7 cm³/mol. The molecule has 1 aliphatic rings. The molecule has 70 valence electrons. The molecule has 1 N–H and O–H groups in total. The Balaban J connectivity index is 2.53. The lowest BCUT2D eigenvalue weighted by atomic mass is 9.91. The quantitative estimate of drug-likeness (QED) is 0.643. The largest absolute Gasteiger partial charge is 0.365 e. The van der Waals surface area contributed by atoms with E-state index in [-0.39, 0.29) is 6.10 Å². The highest BCUT2D eigenvalue weighted by atomic mass is 16.6. The van der Waals surface area contributed by atoms with Crippen molar-refractivity contribution in [2.45, 2.75) is 45.0 Å². The van der Waals surface area contributed by atoms with Crippen molar-refractivity contribution in [2.75, 3.05) is 0 Å². The molecule has 2 nitrogen and oxygen atoms in total. The second kappa shape index (κ2) is 3.58. The van der Waals surface area contributed by atoms with Crippen LogP contribution in [0.1, 0.15) is 33.1 Å². The molecule has 0 spiro atoms. The van der Waals surface area contributed by atoms with Gasteiger partial charge < -0.3 is 9.84 Å². The van der Waals surface area contributed by atoms with Crippen LogP contribution >= 0.6 is 0 Å². The Labute approximate surface area is 74.2 Å². The Bertz CT molecular complexity index is 167. The average Bonchev–Trinajstić information content (AvgIpc) is 1.98. The van der Waals surface area contributed by atoms with Crippen LogP contribution in [0.25, 0.3) is 0 Å². The zero-order valence-corrected chi connectivity index (χ0v) is 7.92. The molecule has 0 radical (unpaired) electrons. The van der Waals surface area contributed by atoms with Crippen LogP contribution in [-0.2, 0) is 4.74 Å². The van der Waals surface area contributed by atoms with E-state index in [0.717, 1.165) is 12.8 Å². The van der Waals surface area contributed by atoms with E-state index in [1.54, 1.807) is 6.08 Å². The van der Waals surface area contributed by atoms with Gasteiger partial charge in [-0.15, -0.1) is 6.58 Å². The average molecular weight is 170 g/mol. The highest BCUT2D eigenvalue weighted by Gasteiger charge is 2.35. The lowest BCUT2D eigenvalue weighted by Gasteiger charge is -2.38. The topological polar surface area (TPSA) is 29.5 Å². The molecule has 1 saturated heterocycles. The number of hydrogen-bond acceptors (Lipinski definition) is 2. The Hall–Kier alpha value is -0.340. The van der Waals surface area contributed by atoms with Crippen molar-refractivity contribution < 1.29 is 9.84 Å². The summed E-state index contributed by atoms with van der Waals surface area (Å²) in [5.74, 6) is -0.386. The third-order valence-corrected chi connectivity index (χ3v) is 2.66. The van der Waals surface area contributed by atoms with Gasteiger partial charge in [-0.1, -0.05) is 13.0 Å². The van der Waals surface area contributed by atoms with E-state index in [1.807, 2.05) is 6.92 Å².